The van der Waals surface area contributed by atoms with Crippen molar-refractivity contribution >= 4 is 40.2 Å². The zero-order valence-corrected chi connectivity index (χ0v) is 16.2. The lowest BCUT2D eigenvalue weighted by Gasteiger charge is -2.48. The van der Waals surface area contributed by atoms with E-state index in [9.17, 15) is 19.1 Å². The van der Waals surface area contributed by atoms with Crippen LogP contribution in [0.1, 0.15) is 11.1 Å². The van der Waals surface area contributed by atoms with E-state index in [0.29, 0.717) is 9.26 Å². The van der Waals surface area contributed by atoms with Gasteiger partial charge >= 0.3 is 5.97 Å². The Balaban J connectivity index is 2.48. The third-order valence-corrected chi connectivity index (χ3v) is 5.36. The third kappa shape index (κ3) is 2.29. The number of nitrogens with zero attached hydrogens (tertiary/aromatic N) is 1. The first kappa shape index (κ1) is 18.7. The number of hydrogen-bond acceptors (Lipinski definition) is 5. The molecular formula is C18H16FIN2O4. The summed E-state index contributed by atoms with van der Waals surface area (Å²) in [5.74, 6) is -2.86. The average Bonchev–Trinajstić information content (AvgIpc) is 2.64. The minimum atomic E-state index is -2.56. The summed E-state index contributed by atoms with van der Waals surface area (Å²) in [5, 5.41) is 11.7. The van der Waals surface area contributed by atoms with Gasteiger partial charge in [0.25, 0.3) is 5.91 Å². The molecule has 3 rings (SSSR count). The summed E-state index contributed by atoms with van der Waals surface area (Å²) in [6.45, 7) is 0. The molecule has 6 nitrogen and oxygen atoms in total. The smallest absolute Gasteiger partial charge is 0.339 e. The quantitative estimate of drug-likeness (QED) is 0.395. The van der Waals surface area contributed by atoms with Gasteiger partial charge < -0.3 is 20.5 Å². The maximum absolute atomic E-state index is 14.7. The first-order chi connectivity index (χ1) is 12.2. The van der Waals surface area contributed by atoms with Gasteiger partial charge in [0.15, 0.2) is 5.60 Å². The summed E-state index contributed by atoms with van der Waals surface area (Å²) < 4.78 is 20.1. The van der Waals surface area contributed by atoms with Gasteiger partial charge in [-0.25, -0.2) is 9.18 Å². The van der Waals surface area contributed by atoms with E-state index in [1.54, 1.807) is 18.2 Å². The van der Waals surface area contributed by atoms with Gasteiger partial charge in [-0.2, -0.15) is 0 Å². The molecule has 1 heterocycles. The zero-order chi connectivity index (χ0) is 19.3. The zero-order valence-electron chi connectivity index (χ0n) is 14.0. The largest absolute Gasteiger partial charge is 0.467 e. The summed E-state index contributed by atoms with van der Waals surface area (Å²) in [6, 6.07) is 10.2. The molecule has 0 aromatic heterocycles. The topological polar surface area (TPSA) is 92.9 Å². The molecule has 0 radical (unpaired) electrons. The van der Waals surface area contributed by atoms with Crippen molar-refractivity contribution in [3.05, 3.63) is 63.0 Å². The standard InChI is InChI=1S/C18H16FIN2O4/c1-22-14-8-7-10(20)9-12(14)18(25,11-5-3-4-6-13(11)19)17(21,15(22)23)16(24)26-2/h3-9,25H,21H2,1-2H3. The van der Waals surface area contributed by atoms with Crippen molar-refractivity contribution in [2.24, 2.45) is 5.73 Å². The first-order valence-electron chi connectivity index (χ1n) is 7.62. The molecule has 2 aromatic carbocycles. The van der Waals surface area contributed by atoms with Gasteiger partial charge in [-0.1, -0.05) is 18.2 Å². The number of aliphatic hydroxyl groups is 1. The van der Waals surface area contributed by atoms with E-state index in [-0.39, 0.29) is 11.1 Å². The maximum Gasteiger partial charge on any atom is 0.339 e. The summed E-state index contributed by atoms with van der Waals surface area (Å²) in [6.07, 6.45) is 0. The Hall–Kier alpha value is -2.04. The van der Waals surface area contributed by atoms with E-state index >= 15 is 0 Å². The highest BCUT2D eigenvalue weighted by Crippen LogP contribution is 2.48. The number of carbonyl (C=O) groups is 2. The molecule has 3 N–H and O–H groups in total. The molecule has 1 aliphatic rings. The molecule has 26 heavy (non-hydrogen) atoms. The second-order valence-corrected chi connectivity index (χ2v) is 7.26. The fraction of sp³-hybridized carbons (Fsp3) is 0.222. The monoisotopic (exact) mass is 470 g/mol. The van der Waals surface area contributed by atoms with Crippen molar-refractivity contribution in [3.8, 4) is 0 Å². The van der Waals surface area contributed by atoms with E-state index < -0.39 is 28.8 Å². The molecule has 0 fully saturated rings. The lowest BCUT2D eigenvalue weighted by molar-refractivity contribution is -0.163. The fourth-order valence-electron chi connectivity index (χ4n) is 3.34. The van der Waals surface area contributed by atoms with Crippen molar-refractivity contribution in [3.63, 3.8) is 0 Å². The van der Waals surface area contributed by atoms with Gasteiger partial charge in [0, 0.05) is 27.4 Å². The number of ether oxygens (including phenoxy) is 1. The minimum absolute atomic E-state index is 0.143. The van der Waals surface area contributed by atoms with E-state index in [1.165, 1.54) is 25.2 Å². The number of fused-ring (bicyclic) bond motifs is 1. The van der Waals surface area contributed by atoms with Crippen LogP contribution >= 0.6 is 22.6 Å². The van der Waals surface area contributed by atoms with Gasteiger partial charge in [-0.05, 0) is 46.9 Å². The highest BCUT2D eigenvalue weighted by molar-refractivity contribution is 14.1. The molecule has 1 amide bonds. The average molecular weight is 470 g/mol. The Labute approximate surface area is 162 Å². The fourth-order valence-corrected chi connectivity index (χ4v) is 3.83. The Morgan fingerprint density at radius 2 is 1.92 bits per heavy atom. The van der Waals surface area contributed by atoms with Crippen molar-refractivity contribution in [2.75, 3.05) is 19.1 Å². The second kappa shape index (κ2) is 6.29. The molecule has 0 spiro atoms. The number of amides is 1. The van der Waals surface area contributed by atoms with Crippen LogP contribution < -0.4 is 10.6 Å². The number of halogens is 2. The van der Waals surface area contributed by atoms with Crippen LogP contribution in [-0.2, 0) is 19.9 Å². The van der Waals surface area contributed by atoms with Crippen LogP contribution in [0.4, 0.5) is 10.1 Å². The number of carbonyl (C=O) groups excluding carboxylic acids is 2. The predicted octanol–water partition coefficient (Wildman–Crippen LogP) is 1.51. The predicted molar refractivity (Wildman–Crippen MR) is 101 cm³/mol. The van der Waals surface area contributed by atoms with Gasteiger partial charge in [0.05, 0.1) is 7.11 Å². The Bertz CT molecular complexity index is 922. The van der Waals surface area contributed by atoms with Crippen LogP contribution in [0, 0.1) is 9.39 Å². The second-order valence-electron chi connectivity index (χ2n) is 6.02. The molecule has 2 aromatic rings. The lowest BCUT2D eigenvalue weighted by Crippen LogP contribution is -2.74. The van der Waals surface area contributed by atoms with Crippen LogP contribution in [0.25, 0.3) is 0 Å². The highest BCUT2D eigenvalue weighted by Gasteiger charge is 2.66. The molecule has 136 valence electrons. The summed E-state index contributed by atoms with van der Waals surface area (Å²) in [5.41, 5.74) is 1.38. The van der Waals surface area contributed by atoms with Gasteiger partial charge in [0.1, 0.15) is 5.82 Å². The first-order valence-corrected chi connectivity index (χ1v) is 8.70. The number of nitrogens with two attached hydrogens (primary N) is 1. The molecule has 8 heteroatoms. The van der Waals surface area contributed by atoms with E-state index in [0.717, 1.165) is 18.1 Å². The van der Waals surface area contributed by atoms with Crippen molar-refractivity contribution in [1.29, 1.82) is 0 Å². The Morgan fingerprint density at radius 1 is 1.27 bits per heavy atom. The third-order valence-electron chi connectivity index (χ3n) is 4.69. The highest BCUT2D eigenvalue weighted by atomic mass is 127. The van der Waals surface area contributed by atoms with Crippen LogP contribution in [-0.4, -0.2) is 36.7 Å². The molecular weight excluding hydrogens is 454 g/mol. The summed E-state index contributed by atoms with van der Waals surface area (Å²) in [4.78, 5) is 26.7. The number of rotatable bonds is 2. The van der Waals surface area contributed by atoms with E-state index in [1.807, 2.05) is 22.6 Å². The number of likely N-dealkylation sites (N-methyl/N-ethyl adjacent to an activating group) is 1. The van der Waals surface area contributed by atoms with E-state index in [2.05, 4.69) is 0 Å². The van der Waals surface area contributed by atoms with Crippen molar-refractivity contribution in [2.45, 2.75) is 11.1 Å². The molecule has 0 saturated carbocycles. The summed E-state index contributed by atoms with van der Waals surface area (Å²) in [7, 11) is 2.48. The van der Waals surface area contributed by atoms with Crippen LogP contribution in [0.3, 0.4) is 0 Å². The Morgan fingerprint density at radius 3 is 2.54 bits per heavy atom. The van der Waals surface area contributed by atoms with Crippen LogP contribution in [0.2, 0.25) is 0 Å². The summed E-state index contributed by atoms with van der Waals surface area (Å²) >= 11 is 2.02. The number of hydrogen-bond donors (Lipinski definition) is 2. The van der Waals surface area contributed by atoms with E-state index in [4.69, 9.17) is 10.5 Å². The van der Waals surface area contributed by atoms with Gasteiger partial charge in [-0.15, -0.1) is 0 Å². The number of esters is 1. The number of benzene rings is 2. The Kier molecular flexibility index (Phi) is 4.53. The molecule has 0 bridgehead atoms. The molecule has 0 aliphatic carbocycles. The van der Waals surface area contributed by atoms with Crippen molar-refractivity contribution in [1.82, 2.24) is 0 Å². The van der Waals surface area contributed by atoms with Crippen LogP contribution in [0.15, 0.2) is 42.5 Å². The van der Waals surface area contributed by atoms with Crippen molar-refractivity contribution < 1.29 is 23.8 Å². The molecule has 2 atom stereocenters. The number of methoxy groups -OCH3 is 1. The molecule has 0 saturated heterocycles. The lowest BCUT2D eigenvalue weighted by atomic mass is 9.67. The van der Waals surface area contributed by atoms with Gasteiger partial charge in [0.2, 0.25) is 5.54 Å². The maximum atomic E-state index is 14.7. The number of anilines is 1. The normalized spacial score (nSPS) is 25.0. The van der Waals surface area contributed by atoms with Crippen LogP contribution in [0.5, 0.6) is 0 Å². The molecule has 1 aliphatic heterocycles. The minimum Gasteiger partial charge on any atom is -0.467 e. The van der Waals surface area contributed by atoms with Gasteiger partial charge in [-0.3, -0.25) is 4.79 Å². The SMILES string of the molecule is COC(=O)C1(N)C(=O)N(C)c2ccc(I)cc2C1(O)c1ccccc1F. The molecule has 2 unspecified atom stereocenters.